The zero-order valence-corrected chi connectivity index (χ0v) is 6.91. The highest BCUT2D eigenvalue weighted by Gasteiger charge is 2.05. The first-order valence-electron chi connectivity index (χ1n) is 3.69. The second-order valence-electron chi connectivity index (χ2n) is 2.55. The van der Waals surface area contributed by atoms with E-state index in [0.717, 1.165) is 0 Å². The fourth-order valence-corrected chi connectivity index (χ4v) is 0.649. The van der Waals surface area contributed by atoms with Crippen LogP contribution in [0.5, 0.6) is 0 Å². The molecule has 1 atom stereocenters. The van der Waals surface area contributed by atoms with Crippen LogP contribution in [-0.4, -0.2) is 34.7 Å². The van der Waals surface area contributed by atoms with Crippen LogP contribution >= 0.6 is 0 Å². The second-order valence-corrected chi connectivity index (χ2v) is 2.55. The third kappa shape index (κ3) is 7.01. The molecule has 5 heteroatoms. The van der Waals surface area contributed by atoms with E-state index in [0.29, 0.717) is 0 Å². The quantitative estimate of drug-likeness (QED) is 0.518. The Labute approximate surface area is 70.4 Å². The fraction of sp³-hybridized carbons (Fsp3) is 0.714. The third-order valence-corrected chi connectivity index (χ3v) is 1.14. The van der Waals surface area contributed by atoms with Crippen molar-refractivity contribution in [3.8, 4) is 0 Å². The number of carboxylic acids is 1. The van der Waals surface area contributed by atoms with E-state index in [1.54, 1.807) is 0 Å². The number of aliphatic hydroxyl groups is 1. The number of carbonyl (C=O) groups excluding carboxylic acids is 1. The molecule has 0 aromatic carbocycles. The van der Waals surface area contributed by atoms with E-state index in [9.17, 15) is 9.59 Å². The van der Waals surface area contributed by atoms with E-state index in [1.807, 2.05) is 0 Å². The summed E-state index contributed by atoms with van der Waals surface area (Å²) in [7, 11) is 0. The Balaban J connectivity index is 3.38. The molecule has 0 aliphatic carbocycles. The summed E-state index contributed by atoms with van der Waals surface area (Å²) < 4.78 is 0. The molecule has 0 bridgehead atoms. The van der Waals surface area contributed by atoms with Crippen molar-refractivity contribution in [1.82, 2.24) is 5.32 Å². The molecule has 0 radical (unpaired) electrons. The summed E-state index contributed by atoms with van der Waals surface area (Å²) in [4.78, 5) is 20.8. The van der Waals surface area contributed by atoms with Gasteiger partial charge in [-0.1, -0.05) is 0 Å². The lowest BCUT2D eigenvalue weighted by Crippen LogP contribution is -2.28. The molecule has 0 fully saturated rings. The molecule has 0 rings (SSSR count). The molecule has 1 amide bonds. The van der Waals surface area contributed by atoms with Crippen molar-refractivity contribution < 1.29 is 19.8 Å². The summed E-state index contributed by atoms with van der Waals surface area (Å²) in [6.07, 6.45) is -0.764. The summed E-state index contributed by atoms with van der Waals surface area (Å²) in [5.41, 5.74) is 0. The molecule has 0 saturated heterocycles. The maximum absolute atomic E-state index is 10.8. The highest BCUT2D eigenvalue weighted by molar-refractivity contribution is 5.77. The monoisotopic (exact) mass is 175 g/mol. The van der Waals surface area contributed by atoms with Crippen molar-refractivity contribution in [3.63, 3.8) is 0 Å². The van der Waals surface area contributed by atoms with E-state index in [-0.39, 0.29) is 25.3 Å². The number of hydrogen-bond donors (Lipinski definition) is 3. The molecule has 0 spiro atoms. The van der Waals surface area contributed by atoms with Gasteiger partial charge in [0.25, 0.3) is 0 Å². The summed E-state index contributed by atoms with van der Waals surface area (Å²) in [5.74, 6) is -1.28. The van der Waals surface area contributed by atoms with Gasteiger partial charge in [-0.3, -0.25) is 9.59 Å². The molecule has 0 aliphatic rings. The number of nitrogens with one attached hydrogen (secondary N) is 1. The van der Waals surface area contributed by atoms with Crippen molar-refractivity contribution in [2.45, 2.75) is 25.9 Å². The minimum Gasteiger partial charge on any atom is -0.481 e. The normalized spacial score (nSPS) is 12.2. The zero-order valence-electron chi connectivity index (χ0n) is 6.91. The van der Waals surface area contributed by atoms with E-state index in [4.69, 9.17) is 10.2 Å². The maximum Gasteiger partial charge on any atom is 0.305 e. The Morgan fingerprint density at radius 3 is 2.50 bits per heavy atom. The number of carbonyl (C=O) groups is 2. The smallest absolute Gasteiger partial charge is 0.305 e. The molecule has 0 saturated carbocycles. The van der Waals surface area contributed by atoms with Gasteiger partial charge in [-0.05, 0) is 6.92 Å². The van der Waals surface area contributed by atoms with Crippen LogP contribution in [0.25, 0.3) is 0 Å². The van der Waals surface area contributed by atoms with Gasteiger partial charge in [0.2, 0.25) is 5.91 Å². The van der Waals surface area contributed by atoms with Gasteiger partial charge in [0, 0.05) is 6.54 Å². The Kier molecular flexibility index (Phi) is 5.03. The van der Waals surface area contributed by atoms with Crippen LogP contribution < -0.4 is 5.32 Å². The minimum absolute atomic E-state index is 0.0135. The standard InChI is InChI=1S/C7H13NO4/c1-5(9)4-6(10)8-3-2-7(11)12/h5,9H,2-4H2,1H3,(H,8,10)(H,11,12)/t5-/m1/s1. The fourth-order valence-electron chi connectivity index (χ4n) is 0.649. The molecule has 0 aliphatic heterocycles. The Bertz CT molecular complexity index is 167. The molecular formula is C7H13NO4. The van der Waals surface area contributed by atoms with Crippen LogP contribution in [0.3, 0.4) is 0 Å². The molecule has 70 valence electrons. The van der Waals surface area contributed by atoms with Gasteiger partial charge >= 0.3 is 5.97 Å². The molecule has 0 aromatic rings. The van der Waals surface area contributed by atoms with Crippen molar-refractivity contribution in [1.29, 1.82) is 0 Å². The SMILES string of the molecule is C[C@@H](O)CC(=O)NCCC(=O)O. The van der Waals surface area contributed by atoms with Crippen LogP contribution in [-0.2, 0) is 9.59 Å². The average molecular weight is 175 g/mol. The van der Waals surface area contributed by atoms with Crippen LogP contribution in [0.15, 0.2) is 0 Å². The van der Waals surface area contributed by atoms with Gasteiger partial charge in [-0.15, -0.1) is 0 Å². The number of amides is 1. The summed E-state index contributed by atoms with van der Waals surface area (Å²) >= 11 is 0. The van der Waals surface area contributed by atoms with Gasteiger partial charge < -0.3 is 15.5 Å². The van der Waals surface area contributed by atoms with Gasteiger partial charge in [0.1, 0.15) is 0 Å². The van der Waals surface area contributed by atoms with Crippen LogP contribution in [0, 0.1) is 0 Å². The van der Waals surface area contributed by atoms with Gasteiger partial charge in [0.05, 0.1) is 18.9 Å². The first-order valence-corrected chi connectivity index (χ1v) is 3.69. The number of aliphatic carboxylic acids is 1. The van der Waals surface area contributed by atoms with Gasteiger partial charge in [0.15, 0.2) is 0 Å². The molecule has 5 nitrogen and oxygen atoms in total. The van der Waals surface area contributed by atoms with Crippen molar-refractivity contribution in [2.75, 3.05) is 6.54 Å². The number of carboxylic acid groups (broad SMARTS) is 1. The second kappa shape index (κ2) is 5.54. The molecule has 3 N–H and O–H groups in total. The number of hydrogen-bond acceptors (Lipinski definition) is 3. The number of aliphatic hydroxyl groups excluding tert-OH is 1. The largest absolute Gasteiger partial charge is 0.481 e. The molecule has 0 unspecified atom stereocenters. The van der Waals surface area contributed by atoms with Crippen LogP contribution in [0.1, 0.15) is 19.8 Å². The predicted molar refractivity (Wildman–Crippen MR) is 41.6 cm³/mol. The average Bonchev–Trinajstić information content (AvgIpc) is 1.84. The highest BCUT2D eigenvalue weighted by atomic mass is 16.4. The van der Waals surface area contributed by atoms with E-state index in [2.05, 4.69) is 5.32 Å². The van der Waals surface area contributed by atoms with E-state index in [1.165, 1.54) is 6.92 Å². The Morgan fingerprint density at radius 1 is 1.50 bits per heavy atom. The van der Waals surface area contributed by atoms with Crippen molar-refractivity contribution in [3.05, 3.63) is 0 Å². The summed E-state index contributed by atoms with van der Waals surface area (Å²) in [6, 6.07) is 0. The third-order valence-electron chi connectivity index (χ3n) is 1.14. The number of rotatable bonds is 5. The van der Waals surface area contributed by atoms with Crippen LogP contribution in [0.4, 0.5) is 0 Å². The lowest BCUT2D eigenvalue weighted by atomic mass is 10.3. The summed E-state index contributed by atoms with van der Waals surface area (Å²) in [6.45, 7) is 1.61. The highest BCUT2D eigenvalue weighted by Crippen LogP contribution is 1.88. The zero-order chi connectivity index (χ0) is 9.56. The van der Waals surface area contributed by atoms with E-state index < -0.39 is 12.1 Å². The lowest BCUT2D eigenvalue weighted by molar-refractivity contribution is -0.136. The molecule has 12 heavy (non-hydrogen) atoms. The van der Waals surface area contributed by atoms with Crippen LogP contribution in [0.2, 0.25) is 0 Å². The van der Waals surface area contributed by atoms with Crippen molar-refractivity contribution >= 4 is 11.9 Å². The molecule has 0 aromatic heterocycles. The van der Waals surface area contributed by atoms with Crippen molar-refractivity contribution in [2.24, 2.45) is 0 Å². The maximum atomic E-state index is 10.8. The van der Waals surface area contributed by atoms with Gasteiger partial charge in [-0.25, -0.2) is 0 Å². The van der Waals surface area contributed by atoms with E-state index >= 15 is 0 Å². The first-order chi connectivity index (χ1) is 5.52. The topological polar surface area (TPSA) is 86.6 Å². The lowest BCUT2D eigenvalue weighted by Gasteiger charge is -2.04. The molecular weight excluding hydrogens is 162 g/mol. The van der Waals surface area contributed by atoms with Gasteiger partial charge in [-0.2, -0.15) is 0 Å². The minimum atomic E-state index is -0.952. The Hall–Kier alpha value is -1.10. The molecule has 0 heterocycles. The first kappa shape index (κ1) is 10.9. The Morgan fingerprint density at radius 2 is 2.08 bits per heavy atom. The predicted octanol–water partition coefficient (Wildman–Crippen LogP) is -0.652. The summed E-state index contributed by atoms with van der Waals surface area (Å²) in [5, 5.41) is 19.3.